The van der Waals surface area contributed by atoms with E-state index in [0.717, 1.165) is 22.5 Å². The fraction of sp³-hybridized carbons (Fsp3) is 0. The smallest absolute Gasteiger partial charge is 0.111 e. The molecular weight excluding hydrogens is 222 g/mol. The molecule has 0 atom stereocenters. The van der Waals surface area contributed by atoms with Crippen molar-refractivity contribution in [2.24, 2.45) is 0 Å². The first-order chi connectivity index (χ1) is 8.93. The number of nitrogens with zero attached hydrogens (tertiary/aromatic N) is 3. The average Bonchev–Trinajstić information content (AvgIpc) is 2.49. The maximum Gasteiger partial charge on any atom is 0.111 e. The van der Waals surface area contributed by atoms with Gasteiger partial charge >= 0.3 is 0 Å². The van der Waals surface area contributed by atoms with Crippen molar-refractivity contribution < 1.29 is 0 Å². The van der Waals surface area contributed by atoms with Crippen LogP contribution in [0.1, 0.15) is 0 Å². The molecule has 0 bridgehead atoms. The average molecular weight is 233 g/mol. The highest BCUT2D eigenvalue weighted by atomic mass is 15.1. The van der Waals surface area contributed by atoms with Crippen molar-refractivity contribution in [3.8, 4) is 22.5 Å². The fourth-order valence-corrected chi connectivity index (χ4v) is 1.78. The van der Waals surface area contributed by atoms with E-state index < -0.39 is 0 Å². The lowest BCUT2D eigenvalue weighted by Crippen LogP contribution is -1.89. The Hall–Kier alpha value is -2.55. The van der Waals surface area contributed by atoms with Gasteiger partial charge in [-0.1, -0.05) is 36.4 Å². The van der Waals surface area contributed by atoms with Crippen LogP contribution in [0.2, 0.25) is 0 Å². The number of pyridine rings is 1. The third-order valence-electron chi connectivity index (χ3n) is 2.71. The molecule has 0 aliphatic heterocycles. The van der Waals surface area contributed by atoms with E-state index in [2.05, 4.69) is 27.3 Å². The Morgan fingerprint density at radius 1 is 0.667 bits per heavy atom. The van der Waals surface area contributed by atoms with Crippen LogP contribution in [0.4, 0.5) is 0 Å². The molecule has 0 saturated heterocycles. The molecule has 0 unspecified atom stereocenters. The summed E-state index contributed by atoms with van der Waals surface area (Å²) in [7, 11) is 0. The van der Waals surface area contributed by atoms with E-state index in [0.29, 0.717) is 0 Å². The van der Waals surface area contributed by atoms with Gasteiger partial charge in [-0.25, -0.2) is 0 Å². The van der Waals surface area contributed by atoms with Crippen molar-refractivity contribution in [3.05, 3.63) is 67.0 Å². The zero-order valence-electron chi connectivity index (χ0n) is 9.69. The minimum absolute atomic E-state index is 0.789. The fourth-order valence-electron chi connectivity index (χ4n) is 1.78. The zero-order valence-corrected chi connectivity index (χ0v) is 9.69. The number of aromatic nitrogens is 3. The molecule has 0 amide bonds. The maximum atomic E-state index is 4.42. The number of rotatable bonds is 2. The Bertz CT molecular complexity index is 560. The van der Waals surface area contributed by atoms with Crippen molar-refractivity contribution in [1.29, 1.82) is 0 Å². The Balaban J connectivity index is 1.95. The van der Waals surface area contributed by atoms with Gasteiger partial charge in [-0.05, 0) is 23.8 Å². The van der Waals surface area contributed by atoms with Crippen LogP contribution in [0.5, 0.6) is 0 Å². The predicted octanol–water partition coefficient (Wildman–Crippen LogP) is 3.21. The Morgan fingerprint density at radius 3 is 2.22 bits per heavy atom. The van der Waals surface area contributed by atoms with Gasteiger partial charge in [0.15, 0.2) is 0 Å². The standard InChI is InChI=1S/C15H11N3/c1-2-5-12(6-3-1)13-8-9-14(16-11-13)15-7-4-10-17-18-15/h1-11H. The predicted molar refractivity (Wildman–Crippen MR) is 70.7 cm³/mol. The normalized spacial score (nSPS) is 10.2. The van der Waals surface area contributed by atoms with Gasteiger partial charge in [0.05, 0.1) is 5.69 Å². The first-order valence-electron chi connectivity index (χ1n) is 5.73. The molecule has 3 heteroatoms. The highest BCUT2D eigenvalue weighted by molar-refractivity contribution is 5.65. The van der Waals surface area contributed by atoms with Crippen molar-refractivity contribution in [2.75, 3.05) is 0 Å². The Kier molecular flexibility index (Phi) is 2.80. The summed E-state index contributed by atoms with van der Waals surface area (Å²) < 4.78 is 0. The molecule has 0 saturated carbocycles. The second-order valence-electron chi connectivity index (χ2n) is 3.91. The lowest BCUT2D eigenvalue weighted by Gasteiger charge is -2.02. The largest absolute Gasteiger partial charge is 0.254 e. The van der Waals surface area contributed by atoms with Gasteiger partial charge in [0.2, 0.25) is 0 Å². The molecule has 2 aromatic heterocycles. The van der Waals surface area contributed by atoms with Gasteiger partial charge in [0, 0.05) is 18.0 Å². The van der Waals surface area contributed by atoms with Crippen LogP contribution in [0.3, 0.4) is 0 Å². The van der Waals surface area contributed by atoms with Crippen LogP contribution < -0.4 is 0 Å². The summed E-state index contributed by atoms with van der Waals surface area (Å²) in [6.07, 6.45) is 3.52. The maximum absolute atomic E-state index is 4.42. The summed E-state index contributed by atoms with van der Waals surface area (Å²) in [6.45, 7) is 0. The first-order valence-corrected chi connectivity index (χ1v) is 5.73. The van der Waals surface area contributed by atoms with Gasteiger partial charge in [-0.15, -0.1) is 5.10 Å². The summed E-state index contributed by atoms with van der Waals surface area (Å²) >= 11 is 0. The van der Waals surface area contributed by atoms with E-state index in [1.54, 1.807) is 6.20 Å². The third-order valence-corrected chi connectivity index (χ3v) is 2.71. The molecule has 0 spiro atoms. The molecule has 0 radical (unpaired) electrons. The summed E-state index contributed by atoms with van der Waals surface area (Å²) in [5.74, 6) is 0. The van der Waals surface area contributed by atoms with E-state index in [1.807, 2.05) is 48.7 Å². The van der Waals surface area contributed by atoms with Crippen LogP contribution >= 0.6 is 0 Å². The number of hydrogen-bond acceptors (Lipinski definition) is 3. The van der Waals surface area contributed by atoms with Gasteiger partial charge < -0.3 is 0 Å². The molecule has 3 aromatic rings. The molecule has 2 heterocycles. The highest BCUT2D eigenvalue weighted by Crippen LogP contribution is 2.20. The van der Waals surface area contributed by atoms with Crippen LogP contribution in [0.15, 0.2) is 67.0 Å². The number of benzene rings is 1. The van der Waals surface area contributed by atoms with E-state index >= 15 is 0 Å². The topological polar surface area (TPSA) is 38.7 Å². The molecule has 0 aliphatic rings. The monoisotopic (exact) mass is 233 g/mol. The molecule has 0 fully saturated rings. The summed E-state index contributed by atoms with van der Waals surface area (Å²) in [6, 6.07) is 18.0. The minimum Gasteiger partial charge on any atom is -0.254 e. The van der Waals surface area contributed by atoms with Crippen LogP contribution in [0.25, 0.3) is 22.5 Å². The number of hydrogen-bond donors (Lipinski definition) is 0. The van der Waals surface area contributed by atoms with Crippen LogP contribution in [-0.2, 0) is 0 Å². The molecule has 0 N–H and O–H groups in total. The van der Waals surface area contributed by atoms with Crippen molar-refractivity contribution in [2.45, 2.75) is 0 Å². The van der Waals surface area contributed by atoms with E-state index in [-0.39, 0.29) is 0 Å². The van der Waals surface area contributed by atoms with Gasteiger partial charge in [-0.2, -0.15) is 5.10 Å². The third kappa shape index (κ3) is 2.11. The Morgan fingerprint density at radius 2 is 1.56 bits per heavy atom. The Labute approximate surface area is 105 Å². The van der Waals surface area contributed by atoms with Crippen molar-refractivity contribution in [3.63, 3.8) is 0 Å². The SMILES string of the molecule is c1ccc(-c2ccc(-c3cccnn3)nc2)cc1. The van der Waals surface area contributed by atoms with E-state index in [9.17, 15) is 0 Å². The lowest BCUT2D eigenvalue weighted by atomic mass is 10.1. The molecule has 0 aliphatic carbocycles. The minimum atomic E-state index is 0.789. The summed E-state index contributed by atoms with van der Waals surface area (Å²) in [5, 5.41) is 7.89. The van der Waals surface area contributed by atoms with Crippen LogP contribution in [-0.4, -0.2) is 15.2 Å². The van der Waals surface area contributed by atoms with Gasteiger partial charge in [0.25, 0.3) is 0 Å². The molecule has 86 valence electrons. The highest BCUT2D eigenvalue weighted by Gasteiger charge is 2.01. The van der Waals surface area contributed by atoms with Gasteiger partial charge in [0.1, 0.15) is 5.69 Å². The second-order valence-corrected chi connectivity index (χ2v) is 3.91. The molecule has 1 aromatic carbocycles. The molecule has 3 nitrogen and oxygen atoms in total. The van der Waals surface area contributed by atoms with Crippen molar-refractivity contribution >= 4 is 0 Å². The van der Waals surface area contributed by atoms with Gasteiger partial charge in [-0.3, -0.25) is 4.98 Å². The molecule has 18 heavy (non-hydrogen) atoms. The summed E-state index contributed by atoms with van der Waals surface area (Å²) in [4.78, 5) is 4.42. The lowest BCUT2D eigenvalue weighted by molar-refractivity contribution is 1.03. The zero-order chi connectivity index (χ0) is 12.2. The summed E-state index contributed by atoms with van der Waals surface area (Å²) in [5.41, 5.74) is 3.89. The van der Waals surface area contributed by atoms with E-state index in [4.69, 9.17) is 0 Å². The second kappa shape index (κ2) is 4.75. The van der Waals surface area contributed by atoms with E-state index in [1.165, 1.54) is 0 Å². The van der Waals surface area contributed by atoms with Crippen molar-refractivity contribution in [1.82, 2.24) is 15.2 Å². The first kappa shape index (κ1) is 10.6. The molecule has 3 rings (SSSR count). The quantitative estimate of drug-likeness (QED) is 0.682. The molecular formula is C15H11N3. The van der Waals surface area contributed by atoms with Crippen LogP contribution in [0, 0.1) is 0 Å².